The number of sulfonamides is 1. The number of amides is 1. The van der Waals surface area contributed by atoms with Gasteiger partial charge in [-0.2, -0.15) is 5.10 Å². The van der Waals surface area contributed by atoms with Crippen LogP contribution in [-0.4, -0.2) is 34.2 Å². The lowest BCUT2D eigenvalue weighted by molar-refractivity contribution is -0.119. The van der Waals surface area contributed by atoms with E-state index in [2.05, 4.69) is 26.5 Å². The van der Waals surface area contributed by atoms with Crippen molar-refractivity contribution in [3.63, 3.8) is 0 Å². The van der Waals surface area contributed by atoms with Crippen molar-refractivity contribution in [2.45, 2.75) is 25.3 Å². The largest absolute Gasteiger partial charge is 0.493 e. The number of hydrogen-bond donors (Lipinski definition) is 1. The molecule has 0 aliphatic rings. The fourth-order valence-electron chi connectivity index (χ4n) is 4.02. The second-order valence-electron chi connectivity index (χ2n) is 9.35. The monoisotopic (exact) mass is 669 g/mol. The van der Waals surface area contributed by atoms with Crippen LogP contribution in [0.2, 0.25) is 5.02 Å². The highest BCUT2D eigenvalue weighted by atomic mass is 79.9. The first-order valence-electron chi connectivity index (χ1n) is 12.8. The van der Waals surface area contributed by atoms with Crippen LogP contribution in [0.1, 0.15) is 22.3 Å². The maximum atomic E-state index is 13.6. The fourth-order valence-corrected chi connectivity index (χ4v) is 6.20. The quantitative estimate of drug-likeness (QED) is 0.142. The number of halogens is 2. The molecule has 4 rings (SSSR count). The number of methoxy groups -OCH3 is 1. The number of hydrogen-bond acceptors (Lipinski definition) is 6. The summed E-state index contributed by atoms with van der Waals surface area (Å²) in [5.41, 5.74) is 6.02. The predicted molar refractivity (Wildman–Crippen MR) is 169 cm³/mol. The number of anilines is 1. The Kier molecular flexibility index (Phi) is 10.3. The van der Waals surface area contributed by atoms with Crippen LogP contribution >= 0.6 is 27.5 Å². The van der Waals surface area contributed by atoms with Crippen molar-refractivity contribution in [1.82, 2.24) is 5.43 Å². The van der Waals surface area contributed by atoms with E-state index < -0.39 is 22.5 Å². The molecule has 0 fully saturated rings. The Balaban J connectivity index is 1.49. The van der Waals surface area contributed by atoms with Crippen molar-refractivity contribution in [3.05, 3.63) is 117 Å². The molecule has 1 amide bonds. The second-order valence-corrected chi connectivity index (χ2v) is 12.5. The summed E-state index contributed by atoms with van der Waals surface area (Å²) in [5.74, 6) is 0.351. The number of nitrogens with zero attached hydrogens (tertiary/aromatic N) is 2. The molecule has 0 aliphatic carbocycles. The first kappa shape index (κ1) is 31.1. The molecule has 0 heterocycles. The van der Waals surface area contributed by atoms with Gasteiger partial charge in [0.25, 0.3) is 15.9 Å². The van der Waals surface area contributed by atoms with Crippen molar-refractivity contribution < 1.29 is 22.7 Å². The fraction of sp³-hybridized carbons (Fsp3) is 0.161. The van der Waals surface area contributed by atoms with Crippen LogP contribution in [-0.2, 0) is 21.4 Å². The van der Waals surface area contributed by atoms with Crippen molar-refractivity contribution in [2.75, 3.05) is 18.0 Å². The summed E-state index contributed by atoms with van der Waals surface area (Å²) in [7, 11) is -2.51. The molecule has 0 aromatic heterocycles. The summed E-state index contributed by atoms with van der Waals surface area (Å²) < 4.78 is 40.4. The van der Waals surface area contributed by atoms with Crippen LogP contribution in [0.15, 0.2) is 99.4 Å². The Morgan fingerprint density at radius 3 is 2.38 bits per heavy atom. The van der Waals surface area contributed by atoms with E-state index >= 15 is 0 Å². The van der Waals surface area contributed by atoms with Crippen LogP contribution in [0.25, 0.3) is 0 Å². The number of ether oxygens (including phenoxy) is 2. The van der Waals surface area contributed by atoms with E-state index in [4.69, 9.17) is 21.1 Å². The standard InChI is InChI=1S/C31H29BrClN3O5S/c1-21-8-14-26(15-9-21)42(38,39)36(28-7-5-4-6-22(28)2)19-30(37)35-34-18-24-16-27(32)31(29(17-24)40-3)41-20-23-10-12-25(33)13-11-23/h4-18H,19-20H2,1-3H3,(H,35,37)/b34-18-. The van der Waals surface area contributed by atoms with E-state index in [-0.39, 0.29) is 4.90 Å². The van der Waals surface area contributed by atoms with Gasteiger partial charge < -0.3 is 9.47 Å². The van der Waals surface area contributed by atoms with E-state index in [1.165, 1.54) is 25.5 Å². The Morgan fingerprint density at radius 1 is 1.02 bits per heavy atom. The van der Waals surface area contributed by atoms with Gasteiger partial charge in [-0.15, -0.1) is 0 Å². The van der Waals surface area contributed by atoms with E-state index in [0.29, 0.717) is 44.4 Å². The molecule has 0 saturated heterocycles. The minimum absolute atomic E-state index is 0.0861. The number of benzene rings is 4. The summed E-state index contributed by atoms with van der Waals surface area (Å²) >= 11 is 9.46. The highest BCUT2D eigenvalue weighted by Crippen LogP contribution is 2.37. The van der Waals surface area contributed by atoms with Crippen molar-refractivity contribution in [2.24, 2.45) is 5.10 Å². The van der Waals surface area contributed by atoms with Gasteiger partial charge in [0.1, 0.15) is 13.2 Å². The molecule has 218 valence electrons. The molecule has 0 aliphatic heterocycles. The highest BCUT2D eigenvalue weighted by Gasteiger charge is 2.28. The van der Waals surface area contributed by atoms with Gasteiger partial charge in [0, 0.05) is 5.02 Å². The topological polar surface area (TPSA) is 97.3 Å². The van der Waals surface area contributed by atoms with E-state index in [0.717, 1.165) is 15.4 Å². The van der Waals surface area contributed by atoms with Crippen LogP contribution in [0, 0.1) is 13.8 Å². The summed E-state index contributed by atoms with van der Waals surface area (Å²) in [5, 5.41) is 4.69. The number of hydrazone groups is 1. The Hall–Kier alpha value is -3.86. The SMILES string of the molecule is COc1cc(/C=N\NC(=O)CN(c2ccccc2C)S(=O)(=O)c2ccc(C)cc2)cc(Br)c1OCc1ccc(Cl)cc1. The first-order chi connectivity index (χ1) is 20.1. The predicted octanol–water partition coefficient (Wildman–Crippen LogP) is 6.65. The lowest BCUT2D eigenvalue weighted by atomic mass is 10.2. The average Bonchev–Trinajstić information content (AvgIpc) is 2.96. The number of rotatable bonds is 11. The maximum absolute atomic E-state index is 13.6. The highest BCUT2D eigenvalue weighted by molar-refractivity contribution is 9.10. The first-order valence-corrected chi connectivity index (χ1v) is 15.4. The van der Waals surface area contributed by atoms with Gasteiger partial charge in [0.15, 0.2) is 11.5 Å². The van der Waals surface area contributed by atoms with E-state index in [1.807, 2.05) is 19.1 Å². The molecular weight excluding hydrogens is 642 g/mol. The molecule has 8 nitrogen and oxygen atoms in total. The van der Waals surface area contributed by atoms with Gasteiger partial charge >= 0.3 is 0 Å². The molecule has 0 saturated carbocycles. The molecule has 4 aromatic carbocycles. The molecule has 0 atom stereocenters. The summed E-state index contributed by atoms with van der Waals surface area (Å²) in [6, 6.07) is 24.3. The summed E-state index contributed by atoms with van der Waals surface area (Å²) in [6.07, 6.45) is 1.43. The van der Waals surface area contributed by atoms with Crippen LogP contribution < -0.4 is 19.2 Å². The number of carbonyl (C=O) groups is 1. The van der Waals surface area contributed by atoms with Crippen molar-refractivity contribution >= 4 is 55.4 Å². The zero-order valence-electron chi connectivity index (χ0n) is 23.2. The van der Waals surface area contributed by atoms with Crippen molar-refractivity contribution in [1.29, 1.82) is 0 Å². The Morgan fingerprint density at radius 2 is 1.71 bits per heavy atom. The summed E-state index contributed by atoms with van der Waals surface area (Å²) in [6.45, 7) is 3.50. The van der Waals surface area contributed by atoms with Crippen molar-refractivity contribution in [3.8, 4) is 11.5 Å². The van der Waals surface area contributed by atoms with Gasteiger partial charge in [0.2, 0.25) is 0 Å². The number of aryl methyl sites for hydroxylation is 2. The van der Waals surface area contributed by atoms with Crippen LogP contribution in [0.5, 0.6) is 11.5 Å². The lowest BCUT2D eigenvalue weighted by Crippen LogP contribution is -2.40. The number of nitrogens with one attached hydrogen (secondary N) is 1. The smallest absolute Gasteiger partial charge is 0.264 e. The third kappa shape index (κ3) is 7.70. The third-order valence-electron chi connectivity index (χ3n) is 6.23. The van der Waals surface area contributed by atoms with Gasteiger partial charge in [0.05, 0.1) is 28.4 Å². The molecule has 0 radical (unpaired) electrons. The van der Waals surface area contributed by atoms with Gasteiger partial charge in [-0.05, 0) is 88.9 Å². The summed E-state index contributed by atoms with van der Waals surface area (Å²) in [4.78, 5) is 13.0. The second kappa shape index (κ2) is 13.9. The van der Waals surface area contributed by atoms with Gasteiger partial charge in [-0.25, -0.2) is 13.8 Å². The minimum Gasteiger partial charge on any atom is -0.493 e. The minimum atomic E-state index is -4.04. The number of carbonyl (C=O) groups excluding carboxylic acids is 1. The zero-order valence-corrected chi connectivity index (χ0v) is 26.3. The third-order valence-corrected chi connectivity index (χ3v) is 8.85. The maximum Gasteiger partial charge on any atom is 0.264 e. The Labute approximate surface area is 259 Å². The molecule has 0 spiro atoms. The molecule has 11 heteroatoms. The molecule has 1 N–H and O–H groups in total. The average molecular weight is 671 g/mol. The normalized spacial score (nSPS) is 11.4. The van der Waals surface area contributed by atoms with E-state index in [9.17, 15) is 13.2 Å². The number of para-hydroxylation sites is 1. The van der Waals surface area contributed by atoms with Gasteiger partial charge in [-0.1, -0.05) is 59.6 Å². The lowest BCUT2D eigenvalue weighted by Gasteiger charge is -2.25. The van der Waals surface area contributed by atoms with Crippen LogP contribution in [0.3, 0.4) is 0 Å². The molecule has 0 unspecified atom stereocenters. The molecule has 4 aromatic rings. The zero-order chi connectivity index (χ0) is 30.3. The molecule has 42 heavy (non-hydrogen) atoms. The van der Waals surface area contributed by atoms with Gasteiger partial charge in [-0.3, -0.25) is 9.10 Å². The Bertz CT molecular complexity index is 1700. The van der Waals surface area contributed by atoms with Crippen LogP contribution in [0.4, 0.5) is 5.69 Å². The molecule has 0 bridgehead atoms. The molecular formula is C31H29BrClN3O5S. The van der Waals surface area contributed by atoms with E-state index in [1.54, 1.807) is 67.6 Å².